The molecule has 0 radical (unpaired) electrons. The third kappa shape index (κ3) is 14.2. The summed E-state index contributed by atoms with van der Waals surface area (Å²) in [7, 11) is 0. The monoisotopic (exact) mass is 667 g/mol. The lowest BCUT2D eigenvalue weighted by molar-refractivity contribution is -0.116. The molecule has 13 heteroatoms. The van der Waals surface area contributed by atoms with Crippen LogP contribution in [0, 0.1) is 0 Å². The van der Waals surface area contributed by atoms with Crippen LogP contribution < -0.4 is 10.6 Å². The molecule has 4 rings (SSSR count). The van der Waals surface area contributed by atoms with Crippen LogP contribution in [0.15, 0.2) is 60.7 Å². The van der Waals surface area contributed by atoms with Gasteiger partial charge in [0.25, 0.3) is 0 Å². The van der Waals surface area contributed by atoms with Gasteiger partial charge in [0.05, 0.1) is 12.8 Å². The molecule has 0 unspecified atom stereocenters. The highest BCUT2D eigenvalue weighted by molar-refractivity contribution is 7.15. The van der Waals surface area contributed by atoms with Crippen LogP contribution >= 0.6 is 22.7 Å². The van der Waals surface area contributed by atoms with E-state index in [1.807, 2.05) is 109 Å². The molecule has 248 valence electrons. The van der Waals surface area contributed by atoms with Crippen molar-refractivity contribution >= 4 is 50.8 Å². The zero-order chi connectivity index (χ0) is 34.0. The van der Waals surface area contributed by atoms with Crippen molar-refractivity contribution in [2.75, 3.05) is 23.7 Å². The van der Waals surface area contributed by atoms with Crippen molar-refractivity contribution in [3.8, 4) is 0 Å². The Morgan fingerprint density at radius 1 is 0.674 bits per heavy atom. The summed E-state index contributed by atoms with van der Waals surface area (Å²) in [6.45, 7) is 14.1. The van der Waals surface area contributed by atoms with Gasteiger partial charge in [-0.25, -0.2) is 4.79 Å². The van der Waals surface area contributed by atoms with Crippen molar-refractivity contribution < 1.29 is 19.1 Å². The highest BCUT2D eigenvalue weighted by atomic mass is 32.1. The van der Waals surface area contributed by atoms with Crippen molar-refractivity contribution in [3.05, 3.63) is 81.8 Å². The number of nitrogens with one attached hydrogen (secondary N) is 2. The van der Waals surface area contributed by atoms with Crippen LogP contribution in [0.1, 0.15) is 69.6 Å². The molecule has 2 aromatic carbocycles. The second-order valence-corrected chi connectivity index (χ2v) is 12.5. The van der Waals surface area contributed by atoms with Gasteiger partial charge in [-0.1, -0.05) is 111 Å². The summed E-state index contributed by atoms with van der Waals surface area (Å²) in [6, 6.07) is 18.9. The quantitative estimate of drug-likeness (QED) is 0.168. The fourth-order valence-corrected chi connectivity index (χ4v) is 5.27. The van der Waals surface area contributed by atoms with E-state index in [2.05, 4.69) is 31.0 Å². The summed E-state index contributed by atoms with van der Waals surface area (Å²) >= 11 is 2.54. The summed E-state index contributed by atoms with van der Waals surface area (Å²) in [6.07, 6.45) is 0.896. The third-order valence-electron chi connectivity index (χ3n) is 5.68. The van der Waals surface area contributed by atoms with Gasteiger partial charge in [0.2, 0.25) is 22.1 Å². The number of hydrogen-bond donors (Lipinski definition) is 2. The highest BCUT2D eigenvalue weighted by Crippen LogP contribution is 2.20. The van der Waals surface area contributed by atoms with Crippen molar-refractivity contribution in [3.63, 3.8) is 0 Å². The average Bonchev–Trinajstić information content (AvgIpc) is 3.68. The van der Waals surface area contributed by atoms with Crippen LogP contribution in [0.3, 0.4) is 0 Å². The van der Waals surface area contributed by atoms with E-state index >= 15 is 0 Å². The first kappa shape index (κ1) is 38.0. The summed E-state index contributed by atoms with van der Waals surface area (Å²) in [5.74, 6) is -0.348. The number of ether oxygens (including phenoxy) is 1. The Hall–Kier alpha value is -4.23. The van der Waals surface area contributed by atoms with Crippen molar-refractivity contribution in [2.45, 2.75) is 79.8 Å². The van der Waals surface area contributed by atoms with E-state index in [4.69, 9.17) is 4.74 Å². The average molecular weight is 668 g/mol. The number of rotatable bonds is 12. The fraction of sp³-hybridized carbons (Fsp3) is 0.424. The van der Waals surface area contributed by atoms with Crippen LogP contribution in [-0.4, -0.2) is 61.9 Å². The molecule has 0 atom stereocenters. The minimum Gasteiger partial charge on any atom is -0.444 e. The van der Waals surface area contributed by atoms with Crippen LogP contribution in [0.4, 0.5) is 15.1 Å². The van der Waals surface area contributed by atoms with Gasteiger partial charge in [0.15, 0.2) is 0 Å². The van der Waals surface area contributed by atoms with E-state index in [0.29, 0.717) is 46.2 Å². The Kier molecular flexibility index (Phi) is 16.5. The predicted molar refractivity (Wildman–Crippen MR) is 185 cm³/mol. The maximum Gasteiger partial charge on any atom is 0.410 e. The molecule has 0 spiro atoms. The van der Waals surface area contributed by atoms with Gasteiger partial charge in [0.1, 0.15) is 15.6 Å². The molecule has 0 aliphatic heterocycles. The van der Waals surface area contributed by atoms with E-state index in [-0.39, 0.29) is 24.7 Å². The summed E-state index contributed by atoms with van der Waals surface area (Å²) in [4.78, 5) is 39.3. The van der Waals surface area contributed by atoms with Crippen LogP contribution in [0.2, 0.25) is 0 Å². The predicted octanol–water partition coefficient (Wildman–Crippen LogP) is 6.83. The second-order valence-electron chi connectivity index (χ2n) is 10.4. The number of aromatic nitrogens is 4. The summed E-state index contributed by atoms with van der Waals surface area (Å²) < 4.78 is 5.61. The standard InChI is InChI=1S/C29H33N7O4S2.2C2H6/c1-29(2,3)40-28(39)36(16-14-24-32-34-26(41-24)30-22(37)18-20-10-6-4-7-11-20)17-15-25-33-35-27(42-25)31-23(38)19-21-12-8-5-9-13-21;2*1-2/h4-13H,14-19H2,1-3H3,(H,30,34,37)(H,31,35,38);2*1-2H3. The van der Waals surface area contributed by atoms with Gasteiger partial charge >= 0.3 is 6.09 Å². The van der Waals surface area contributed by atoms with Crippen molar-refractivity contribution in [2.24, 2.45) is 0 Å². The molecule has 0 bridgehead atoms. The van der Waals surface area contributed by atoms with Crippen LogP contribution in [-0.2, 0) is 40.0 Å². The topological polar surface area (TPSA) is 139 Å². The number of hydrogen-bond acceptors (Lipinski definition) is 10. The minimum absolute atomic E-state index is 0.174. The number of carbonyl (C=O) groups excluding carboxylic acids is 3. The number of nitrogens with zero attached hydrogens (tertiary/aromatic N) is 5. The number of carbonyl (C=O) groups is 3. The molecule has 0 aliphatic carbocycles. The first-order valence-electron chi connectivity index (χ1n) is 15.4. The zero-order valence-corrected chi connectivity index (χ0v) is 29.3. The van der Waals surface area contributed by atoms with Gasteiger partial charge in [-0.2, -0.15) is 0 Å². The van der Waals surface area contributed by atoms with Gasteiger partial charge in [-0.05, 0) is 31.9 Å². The van der Waals surface area contributed by atoms with Gasteiger partial charge in [-0.3, -0.25) is 9.59 Å². The Bertz CT molecular complexity index is 1370. The van der Waals surface area contributed by atoms with E-state index in [1.54, 1.807) is 4.90 Å². The smallest absolute Gasteiger partial charge is 0.410 e. The Morgan fingerprint density at radius 3 is 1.43 bits per heavy atom. The largest absolute Gasteiger partial charge is 0.444 e. The molecule has 2 aromatic heterocycles. The lowest BCUT2D eigenvalue weighted by Crippen LogP contribution is -2.39. The number of anilines is 2. The normalized spacial score (nSPS) is 10.4. The third-order valence-corrected chi connectivity index (χ3v) is 7.48. The van der Waals surface area contributed by atoms with Crippen molar-refractivity contribution in [1.82, 2.24) is 25.3 Å². The molecule has 0 saturated heterocycles. The minimum atomic E-state index is -0.660. The Morgan fingerprint density at radius 2 is 1.07 bits per heavy atom. The molecular weight excluding hydrogens is 623 g/mol. The maximum atomic E-state index is 13.0. The maximum absolute atomic E-state index is 13.0. The van der Waals surface area contributed by atoms with Gasteiger partial charge in [0, 0.05) is 25.9 Å². The molecule has 0 aliphatic rings. The van der Waals surface area contributed by atoms with E-state index < -0.39 is 11.7 Å². The molecule has 0 fully saturated rings. The molecule has 2 N–H and O–H groups in total. The first-order valence-corrected chi connectivity index (χ1v) is 17.1. The molecule has 2 heterocycles. The molecule has 3 amide bonds. The van der Waals surface area contributed by atoms with E-state index in [9.17, 15) is 14.4 Å². The second kappa shape index (κ2) is 20.0. The Balaban J connectivity index is 0.00000177. The van der Waals surface area contributed by atoms with Gasteiger partial charge < -0.3 is 20.3 Å². The summed E-state index contributed by atoms with van der Waals surface area (Å²) in [5, 5.41) is 24.2. The molecule has 46 heavy (non-hydrogen) atoms. The first-order chi connectivity index (χ1) is 22.1. The van der Waals surface area contributed by atoms with Crippen molar-refractivity contribution in [1.29, 1.82) is 0 Å². The van der Waals surface area contributed by atoms with Crippen LogP contribution in [0.5, 0.6) is 0 Å². The van der Waals surface area contributed by atoms with Gasteiger partial charge in [-0.15, -0.1) is 20.4 Å². The molecule has 11 nitrogen and oxygen atoms in total. The molecular formula is C33H45N7O4S2. The molecule has 0 saturated carbocycles. The lowest BCUT2D eigenvalue weighted by Gasteiger charge is -2.27. The highest BCUT2D eigenvalue weighted by Gasteiger charge is 2.23. The van der Waals surface area contributed by atoms with Crippen LogP contribution in [0.25, 0.3) is 0 Å². The number of amides is 3. The summed E-state index contributed by atoms with van der Waals surface area (Å²) in [5.41, 5.74) is 1.16. The SMILES string of the molecule is CC.CC.CC(C)(C)OC(=O)N(CCc1nnc(NC(=O)Cc2ccccc2)s1)CCc1nnc(NC(=O)Cc2ccccc2)s1. The lowest BCUT2D eigenvalue weighted by atomic mass is 10.1. The zero-order valence-electron chi connectivity index (χ0n) is 27.7. The fourth-order valence-electron chi connectivity index (χ4n) is 3.78. The Labute approximate surface area is 279 Å². The molecule has 4 aromatic rings. The van der Waals surface area contributed by atoms with E-state index in [0.717, 1.165) is 11.1 Å². The van der Waals surface area contributed by atoms with E-state index in [1.165, 1.54) is 22.7 Å². The number of benzene rings is 2.